The van der Waals surface area contributed by atoms with Gasteiger partial charge in [-0.05, 0) is 30.8 Å². The summed E-state index contributed by atoms with van der Waals surface area (Å²) in [6.07, 6.45) is 1.63. The Hall–Kier alpha value is -1.49. The molecule has 0 radical (unpaired) electrons. The number of furan rings is 1. The topological polar surface area (TPSA) is 66.1 Å². The number of thioether (sulfide) groups is 1. The molecule has 1 aromatic heterocycles. The first-order valence-electron chi connectivity index (χ1n) is 4.01. The summed E-state index contributed by atoms with van der Waals surface area (Å²) in [5.41, 5.74) is 0. The molecular formula is C9H8N2O2S. The van der Waals surface area contributed by atoms with E-state index in [0.29, 0.717) is 10.7 Å². The third kappa shape index (κ3) is 1.72. The van der Waals surface area contributed by atoms with Crippen LogP contribution in [0.5, 0.6) is 0 Å². The van der Waals surface area contributed by atoms with E-state index in [0.717, 1.165) is 17.5 Å². The van der Waals surface area contributed by atoms with Crippen molar-refractivity contribution < 1.29 is 9.21 Å². The van der Waals surface area contributed by atoms with Crippen molar-refractivity contribution in [1.82, 2.24) is 5.32 Å². The van der Waals surface area contributed by atoms with Gasteiger partial charge in [-0.15, -0.1) is 0 Å². The highest BCUT2D eigenvalue weighted by Gasteiger charge is 2.22. The molecule has 4 nitrogen and oxygen atoms in total. The third-order valence-corrected chi connectivity index (χ3v) is 2.53. The van der Waals surface area contributed by atoms with Gasteiger partial charge in [0.25, 0.3) is 5.91 Å². The molecule has 2 rings (SSSR count). The predicted octanol–water partition coefficient (Wildman–Crippen LogP) is 1.73. The van der Waals surface area contributed by atoms with Crippen LogP contribution in [0, 0.1) is 12.3 Å². The van der Waals surface area contributed by atoms with Crippen LogP contribution >= 0.6 is 11.8 Å². The van der Waals surface area contributed by atoms with Gasteiger partial charge in [0, 0.05) is 6.08 Å². The minimum atomic E-state index is -0.242. The molecular weight excluding hydrogens is 200 g/mol. The van der Waals surface area contributed by atoms with Gasteiger partial charge in [-0.25, -0.2) is 0 Å². The van der Waals surface area contributed by atoms with Crippen LogP contribution in [0.15, 0.2) is 21.5 Å². The Bertz CT molecular complexity index is 434. The second kappa shape index (κ2) is 3.34. The monoisotopic (exact) mass is 208 g/mol. The van der Waals surface area contributed by atoms with Crippen molar-refractivity contribution in [2.24, 2.45) is 0 Å². The third-order valence-electron chi connectivity index (χ3n) is 1.70. The molecule has 2 N–H and O–H groups in total. The van der Waals surface area contributed by atoms with Crippen LogP contribution in [-0.2, 0) is 4.79 Å². The molecule has 0 unspecified atom stereocenters. The quantitative estimate of drug-likeness (QED) is 0.691. The SMILES string of the molecule is Cc1ccc(/C=C2\SC(=N)NC2=O)o1. The van der Waals surface area contributed by atoms with E-state index in [9.17, 15) is 4.79 Å². The number of aryl methyl sites for hydroxylation is 1. The Balaban J connectivity index is 2.27. The van der Waals surface area contributed by atoms with Crippen LogP contribution in [0.3, 0.4) is 0 Å². The maximum atomic E-state index is 11.2. The Morgan fingerprint density at radius 2 is 2.36 bits per heavy atom. The highest BCUT2D eigenvalue weighted by Crippen LogP contribution is 2.25. The van der Waals surface area contributed by atoms with Gasteiger partial charge in [-0.3, -0.25) is 10.2 Å². The first-order chi connectivity index (χ1) is 6.65. The predicted molar refractivity (Wildman–Crippen MR) is 54.9 cm³/mol. The number of rotatable bonds is 1. The molecule has 1 fully saturated rings. The average Bonchev–Trinajstić information content (AvgIpc) is 2.61. The average molecular weight is 208 g/mol. The number of amides is 1. The summed E-state index contributed by atoms with van der Waals surface area (Å²) < 4.78 is 5.29. The lowest BCUT2D eigenvalue weighted by Crippen LogP contribution is -2.18. The minimum absolute atomic E-state index is 0.157. The molecule has 1 aromatic rings. The largest absolute Gasteiger partial charge is 0.462 e. The fourth-order valence-electron chi connectivity index (χ4n) is 1.10. The summed E-state index contributed by atoms with van der Waals surface area (Å²) in [5.74, 6) is 1.19. The molecule has 0 saturated carbocycles. The molecule has 14 heavy (non-hydrogen) atoms. The molecule has 0 aromatic carbocycles. The van der Waals surface area contributed by atoms with E-state index in [4.69, 9.17) is 9.83 Å². The van der Waals surface area contributed by atoms with Crippen LogP contribution in [0.4, 0.5) is 0 Å². The fourth-order valence-corrected chi connectivity index (χ4v) is 1.78. The van der Waals surface area contributed by atoms with Crippen molar-refractivity contribution in [1.29, 1.82) is 5.41 Å². The van der Waals surface area contributed by atoms with E-state index in [-0.39, 0.29) is 11.1 Å². The van der Waals surface area contributed by atoms with Gasteiger partial charge in [0.05, 0.1) is 4.91 Å². The van der Waals surface area contributed by atoms with Gasteiger partial charge in [0.15, 0.2) is 5.17 Å². The second-order valence-corrected chi connectivity index (χ2v) is 3.89. The molecule has 5 heteroatoms. The number of nitrogens with one attached hydrogen (secondary N) is 2. The Kier molecular flexibility index (Phi) is 2.17. The normalized spacial score (nSPS) is 19.1. The zero-order valence-corrected chi connectivity index (χ0v) is 8.27. The highest BCUT2D eigenvalue weighted by atomic mass is 32.2. The van der Waals surface area contributed by atoms with Gasteiger partial charge in [-0.2, -0.15) is 0 Å². The van der Waals surface area contributed by atoms with E-state index in [1.54, 1.807) is 12.1 Å². The minimum Gasteiger partial charge on any atom is -0.462 e. The zero-order chi connectivity index (χ0) is 10.1. The van der Waals surface area contributed by atoms with Gasteiger partial charge in [-0.1, -0.05) is 0 Å². The van der Waals surface area contributed by atoms with E-state index in [1.807, 2.05) is 13.0 Å². The molecule has 2 heterocycles. The van der Waals surface area contributed by atoms with Crippen molar-refractivity contribution in [3.05, 3.63) is 28.6 Å². The Morgan fingerprint density at radius 3 is 2.86 bits per heavy atom. The first-order valence-corrected chi connectivity index (χ1v) is 4.83. The highest BCUT2D eigenvalue weighted by molar-refractivity contribution is 8.18. The summed E-state index contributed by atoms with van der Waals surface area (Å²) in [6, 6.07) is 3.62. The molecule has 1 aliphatic heterocycles. The van der Waals surface area contributed by atoms with Crippen molar-refractivity contribution >= 4 is 28.9 Å². The molecule has 72 valence electrons. The summed E-state index contributed by atoms with van der Waals surface area (Å²) >= 11 is 1.10. The summed E-state index contributed by atoms with van der Waals surface area (Å²) in [6.45, 7) is 1.84. The first kappa shape index (κ1) is 9.08. The van der Waals surface area contributed by atoms with Gasteiger partial charge < -0.3 is 9.73 Å². The smallest absolute Gasteiger partial charge is 0.264 e. The summed E-state index contributed by atoms with van der Waals surface area (Å²) in [5, 5.41) is 9.79. The number of hydrogen-bond acceptors (Lipinski definition) is 4. The maximum Gasteiger partial charge on any atom is 0.264 e. The van der Waals surface area contributed by atoms with Crippen molar-refractivity contribution in [3.63, 3.8) is 0 Å². The van der Waals surface area contributed by atoms with Crippen LogP contribution in [0.2, 0.25) is 0 Å². The van der Waals surface area contributed by atoms with Gasteiger partial charge in [0.1, 0.15) is 11.5 Å². The van der Waals surface area contributed by atoms with Crippen LogP contribution < -0.4 is 5.32 Å². The maximum absolute atomic E-state index is 11.2. The fraction of sp³-hybridized carbons (Fsp3) is 0.111. The standard InChI is InChI=1S/C9H8N2O2S/c1-5-2-3-6(13-5)4-7-8(12)11-9(10)14-7/h2-4H,1H3,(H2,10,11,12)/b7-4-. The van der Waals surface area contributed by atoms with E-state index in [2.05, 4.69) is 5.32 Å². The number of amidine groups is 1. The number of carbonyl (C=O) groups is 1. The molecule has 0 bridgehead atoms. The molecule has 0 aliphatic carbocycles. The zero-order valence-electron chi connectivity index (χ0n) is 7.46. The lowest BCUT2D eigenvalue weighted by molar-refractivity contribution is -0.115. The number of hydrogen-bond donors (Lipinski definition) is 2. The van der Waals surface area contributed by atoms with Gasteiger partial charge in [0.2, 0.25) is 0 Å². The number of carbonyl (C=O) groups excluding carboxylic acids is 1. The van der Waals surface area contributed by atoms with E-state index >= 15 is 0 Å². The van der Waals surface area contributed by atoms with Gasteiger partial charge >= 0.3 is 0 Å². The van der Waals surface area contributed by atoms with Crippen LogP contribution in [-0.4, -0.2) is 11.1 Å². The van der Waals surface area contributed by atoms with Crippen molar-refractivity contribution in [3.8, 4) is 0 Å². The molecule has 1 saturated heterocycles. The molecule has 1 amide bonds. The lowest BCUT2D eigenvalue weighted by Gasteiger charge is -1.88. The molecule has 0 spiro atoms. The van der Waals surface area contributed by atoms with Crippen molar-refractivity contribution in [2.45, 2.75) is 6.92 Å². The Labute approximate surface area is 84.9 Å². The summed E-state index contributed by atoms with van der Waals surface area (Å²) in [4.78, 5) is 11.7. The van der Waals surface area contributed by atoms with E-state index < -0.39 is 0 Å². The molecule has 0 atom stereocenters. The van der Waals surface area contributed by atoms with Crippen LogP contribution in [0.1, 0.15) is 11.5 Å². The lowest BCUT2D eigenvalue weighted by atomic mass is 10.4. The molecule has 1 aliphatic rings. The van der Waals surface area contributed by atoms with Crippen LogP contribution in [0.25, 0.3) is 6.08 Å². The second-order valence-electron chi connectivity index (χ2n) is 2.84. The van der Waals surface area contributed by atoms with E-state index in [1.165, 1.54) is 0 Å². The Morgan fingerprint density at radius 1 is 1.57 bits per heavy atom. The summed E-state index contributed by atoms with van der Waals surface area (Å²) in [7, 11) is 0. The van der Waals surface area contributed by atoms with Crippen molar-refractivity contribution in [2.75, 3.05) is 0 Å².